The SMILES string of the molecule is CCCCCCCCCCCCCCCOCCOCCOCCOCCOC(=O)CCCCCCCCC. The second kappa shape index (κ2) is 35.3. The Kier molecular flexibility index (Phi) is 34.7. The van der Waals surface area contributed by atoms with Crippen LogP contribution in [-0.2, 0) is 28.5 Å². The lowest BCUT2D eigenvalue weighted by molar-refractivity contribution is -0.145. The molecule has 0 aromatic heterocycles. The summed E-state index contributed by atoms with van der Waals surface area (Å²) in [6.45, 7) is 9.47. The van der Waals surface area contributed by atoms with Crippen LogP contribution in [0.15, 0.2) is 0 Å². The van der Waals surface area contributed by atoms with Crippen LogP contribution < -0.4 is 0 Å². The number of rotatable bonds is 34. The van der Waals surface area contributed by atoms with E-state index in [1.165, 1.54) is 109 Å². The highest BCUT2D eigenvalue weighted by Crippen LogP contribution is 2.12. The predicted molar refractivity (Wildman–Crippen MR) is 163 cm³/mol. The topological polar surface area (TPSA) is 63.2 Å². The average Bonchev–Trinajstić information content (AvgIpc) is 2.94. The molecule has 0 radical (unpaired) electrons. The van der Waals surface area contributed by atoms with Crippen molar-refractivity contribution < 1.29 is 28.5 Å². The van der Waals surface area contributed by atoms with Gasteiger partial charge in [0.05, 0.1) is 46.2 Å². The molecule has 0 aromatic carbocycles. The molecule has 0 N–H and O–H groups in total. The lowest BCUT2D eigenvalue weighted by Crippen LogP contribution is -2.14. The summed E-state index contributed by atoms with van der Waals surface area (Å²) < 4.78 is 27.3. The number of ether oxygens (including phenoxy) is 5. The van der Waals surface area contributed by atoms with E-state index in [-0.39, 0.29) is 5.97 Å². The lowest BCUT2D eigenvalue weighted by Gasteiger charge is -2.08. The summed E-state index contributed by atoms with van der Waals surface area (Å²) in [5.74, 6) is -0.117. The van der Waals surface area contributed by atoms with Crippen molar-refractivity contribution in [3.8, 4) is 0 Å². The molecule has 0 fully saturated rings. The summed E-state index contributed by atoms with van der Waals surface area (Å²) in [5, 5.41) is 0. The van der Waals surface area contributed by atoms with E-state index in [2.05, 4.69) is 13.8 Å². The van der Waals surface area contributed by atoms with Crippen molar-refractivity contribution >= 4 is 5.97 Å². The zero-order valence-electron chi connectivity index (χ0n) is 26.2. The van der Waals surface area contributed by atoms with Crippen molar-refractivity contribution in [3.63, 3.8) is 0 Å². The van der Waals surface area contributed by atoms with Crippen LogP contribution in [0, 0.1) is 0 Å². The van der Waals surface area contributed by atoms with E-state index in [1.54, 1.807) is 0 Å². The van der Waals surface area contributed by atoms with Gasteiger partial charge in [0.1, 0.15) is 6.61 Å². The summed E-state index contributed by atoms with van der Waals surface area (Å²) >= 11 is 0. The van der Waals surface area contributed by atoms with E-state index in [0.717, 1.165) is 25.9 Å². The normalized spacial score (nSPS) is 11.3. The number of hydrogen-bond donors (Lipinski definition) is 0. The molecular formula is C33H66O6. The van der Waals surface area contributed by atoms with Gasteiger partial charge in [0.25, 0.3) is 0 Å². The van der Waals surface area contributed by atoms with Crippen LogP contribution in [0.25, 0.3) is 0 Å². The summed E-state index contributed by atoms with van der Waals surface area (Å²) in [6, 6.07) is 0. The van der Waals surface area contributed by atoms with Crippen molar-refractivity contribution in [2.24, 2.45) is 0 Å². The Bertz CT molecular complexity index is 459. The first kappa shape index (κ1) is 38.3. The fourth-order valence-electron chi connectivity index (χ4n) is 4.50. The number of carbonyl (C=O) groups excluding carboxylic acids is 1. The Morgan fingerprint density at radius 1 is 0.359 bits per heavy atom. The Labute approximate surface area is 242 Å². The first-order valence-electron chi connectivity index (χ1n) is 16.8. The monoisotopic (exact) mass is 558 g/mol. The molecule has 0 unspecified atom stereocenters. The predicted octanol–water partition coefficient (Wildman–Crippen LogP) is 8.83. The zero-order valence-corrected chi connectivity index (χ0v) is 26.2. The molecule has 0 rings (SSSR count). The van der Waals surface area contributed by atoms with E-state index in [9.17, 15) is 4.79 Å². The first-order chi connectivity index (χ1) is 19.3. The van der Waals surface area contributed by atoms with Gasteiger partial charge in [-0.05, 0) is 12.8 Å². The molecule has 6 heteroatoms. The second-order valence-electron chi connectivity index (χ2n) is 10.8. The van der Waals surface area contributed by atoms with Gasteiger partial charge in [-0.25, -0.2) is 0 Å². The summed E-state index contributed by atoms with van der Waals surface area (Å²) in [4.78, 5) is 11.7. The molecule has 39 heavy (non-hydrogen) atoms. The van der Waals surface area contributed by atoms with E-state index in [1.807, 2.05) is 0 Å². The summed E-state index contributed by atoms with van der Waals surface area (Å²) in [5.41, 5.74) is 0. The Morgan fingerprint density at radius 3 is 1.08 bits per heavy atom. The maximum absolute atomic E-state index is 11.7. The molecule has 0 bridgehead atoms. The van der Waals surface area contributed by atoms with Gasteiger partial charge in [-0.2, -0.15) is 0 Å². The Balaban J connectivity index is 3.09. The van der Waals surface area contributed by atoms with Crippen LogP contribution in [0.1, 0.15) is 149 Å². The van der Waals surface area contributed by atoms with Crippen molar-refractivity contribution in [3.05, 3.63) is 0 Å². The highest BCUT2D eigenvalue weighted by molar-refractivity contribution is 5.69. The van der Waals surface area contributed by atoms with Gasteiger partial charge in [-0.1, -0.05) is 129 Å². The zero-order chi connectivity index (χ0) is 28.3. The highest BCUT2D eigenvalue weighted by Gasteiger charge is 2.02. The molecule has 0 aliphatic rings. The van der Waals surface area contributed by atoms with Gasteiger partial charge in [0.15, 0.2) is 0 Å². The smallest absolute Gasteiger partial charge is 0.305 e. The van der Waals surface area contributed by atoms with Gasteiger partial charge >= 0.3 is 5.97 Å². The minimum Gasteiger partial charge on any atom is -0.463 e. The van der Waals surface area contributed by atoms with Gasteiger partial charge in [0.2, 0.25) is 0 Å². The van der Waals surface area contributed by atoms with Crippen molar-refractivity contribution in [2.45, 2.75) is 149 Å². The third-order valence-electron chi connectivity index (χ3n) is 6.98. The number of unbranched alkanes of at least 4 members (excludes halogenated alkanes) is 18. The summed E-state index contributed by atoms with van der Waals surface area (Å²) in [6.07, 6.45) is 26.8. The molecule has 234 valence electrons. The molecule has 0 saturated carbocycles. The van der Waals surface area contributed by atoms with Crippen molar-refractivity contribution in [1.82, 2.24) is 0 Å². The van der Waals surface area contributed by atoms with E-state index < -0.39 is 0 Å². The van der Waals surface area contributed by atoms with Crippen molar-refractivity contribution in [2.75, 3.05) is 59.5 Å². The standard InChI is InChI=1S/C33H66O6/c1-3-5-7-9-11-12-13-14-15-16-18-20-22-24-35-25-26-36-27-28-37-29-30-38-31-32-39-33(34)23-21-19-17-10-8-6-4-2/h3-32H2,1-2H3. The molecule has 0 heterocycles. The Morgan fingerprint density at radius 2 is 0.667 bits per heavy atom. The largest absolute Gasteiger partial charge is 0.463 e. The minimum atomic E-state index is -0.117. The van der Waals surface area contributed by atoms with Crippen LogP contribution in [0.2, 0.25) is 0 Å². The molecule has 0 atom stereocenters. The molecule has 0 amide bonds. The molecule has 0 saturated heterocycles. The van der Waals surface area contributed by atoms with Gasteiger partial charge in [-0.3, -0.25) is 4.79 Å². The molecule has 0 aliphatic carbocycles. The maximum atomic E-state index is 11.7. The van der Waals surface area contributed by atoms with Crippen LogP contribution in [-0.4, -0.2) is 65.4 Å². The quantitative estimate of drug-likeness (QED) is 0.0581. The average molecular weight is 559 g/mol. The van der Waals surface area contributed by atoms with E-state index in [4.69, 9.17) is 23.7 Å². The third kappa shape index (κ3) is 35.3. The fraction of sp³-hybridized carbons (Fsp3) is 0.970. The van der Waals surface area contributed by atoms with Crippen LogP contribution in [0.5, 0.6) is 0 Å². The Hall–Kier alpha value is -0.690. The number of hydrogen-bond acceptors (Lipinski definition) is 6. The first-order valence-corrected chi connectivity index (χ1v) is 16.8. The lowest BCUT2D eigenvalue weighted by atomic mass is 10.0. The molecule has 0 aromatic rings. The van der Waals surface area contributed by atoms with E-state index in [0.29, 0.717) is 59.3 Å². The summed E-state index contributed by atoms with van der Waals surface area (Å²) in [7, 11) is 0. The van der Waals surface area contributed by atoms with Gasteiger partial charge in [-0.15, -0.1) is 0 Å². The molecule has 0 aliphatic heterocycles. The second-order valence-corrected chi connectivity index (χ2v) is 10.8. The van der Waals surface area contributed by atoms with Crippen LogP contribution >= 0.6 is 0 Å². The molecular weight excluding hydrogens is 492 g/mol. The van der Waals surface area contributed by atoms with Crippen LogP contribution in [0.3, 0.4) is 0 Å². The number of esters is 1. The van der Waals surface area contributed by atoms with Crippen molar-refractivity contribution in [1.29, 1.82) is 0 Å². The van der Waals surface area contributed by atoms with Gasteiger partial charge in [0, 0.05) is 13.0 Å². The highest BCUT2D eigenvalue weighted by atomic mass is 16.6. The molecule has 6 nitrogen and oxygen atoms in total. The minimum absolute atomic E-state index is 0.117. The van der Waals surface area contributed by atoms with Gasteiger partial charge < -0.3 is 23.7 Å². The molecule has 0 spiro atoms. The fourth-order valence-corrected chi connectivity index (χ4v) is 4.50. The van der Waals surface area contributed by atoms with E-state index >= 15 is 0 Å². The maximum Gasteiger partial charge on any atom is 0.305 e. The third-order valence-corrected chi connectivity index (χ3v) is 6.98. The number of carbonyl (C=O) groups is 1. The van der Waals surface area contributed by atoms with Crippen LogP contribution in [0.4, 0.5) is 0 Å².